The van der Waals surface area contributed by atoms with Gasteiger partial charge in [0.1, 0.15) is 12.7 Å². The maximum atomic E-state index is 12.1. The number of ether oxygens (including phenoxy) is 1. The summed E-state index contributed by atoms with van der Waals surface area (Å²) in [4.78, 5) is 21.1. The summed E-state index contributed by atoms with van der Waals surface area (Å²) in [6, 6.07) is 10.9. The number of nitrogens with zero attached hydrogens (tertiary/aromatic N) is 5. The second-order valence-electron chi connectivity index (χ2n) is 5.36. The first-order valence-corrected chi connectivity index (χ1v) is 8.61. The molecule has 1 aromatic carbocycles. The van der Waals surface area contributed by atoms with Crippen LogP contribution in [0, 0.1) is 0 Å². The zero-order valence-electron chi connectivity index (χ0n) is 13.5. The van der Waals surface area contributed by atoms with E-state index >= 15 is 0 Å². The summed E-state index contributed by atoms with van der Waals surface area (Å²) in [5, 5.41) is 9.85. The van der Waals surface area contributed by atoms with Crippen molar-refractivity contribution in [3.8, 4) is 10.7 Å². The van der Waals surface area contributed by atoms with Crippen molar-refractivity contribution in [2.75, 3.05) is 0 Å². The van der Waals surface area contributed by atoms with Crippen molar-refractivity contribution in [2.24, 2.45) is 0 Å². The van der Waals surface area contributed by atoms with E-state index in [0.717, 1.165) is 10.4 Å². The van der Waals surface area contributed by atoms with E-state index in [1.165, 1.54) is 17.7 Å². The maximum Gasteiger partial charge on any atom is 0.338 e. The number of aromatic nitrogens is 5. The van der Waals surface area contributed by atoms with Crippen molar-refractivity contribution in [1.29, 1.82) is 0 Å². The molecule has 130 valence electrons. The van der Waals surface area contributed by atoms with Crippen LogP contribution in [-0.2, 0) is 17.9 Å². The Morgan fingerprint density at radius 1 is 1.23 bits per heavy atom. The molecule has 8 nitrogen and oxygen atoms in total. The Morgan fingerprint density at radius 2 is 2.12 bits per heavy atom. The lowest BCUT2D eigenvalue weighted by molar-refractivity contribution is 0.0430. The van der Waals surface area contributed by atoms with Crippen LogP contribution < -0.4 is 0 Å². The number of benzene rings is 1. The number of hydrogen-bond acceptors (Lipinski definition) is 8. The number of carbonyl (C=O) groups excluding carboxylic acids is 1. The van der Waals surface area contributed by atoms with Gasteiger partial charge in [0.05, 0.1) is 17.0 Å². The minimum Gasteiger partial charge on any atom is -0.452 e. The molecule has 9 heteroatoms. The molecular formula is C17H13N5O3S. The summed E-state index contributed by atoms with van der Waals surface area (Å²) in [5.74, 6) is 0.293. The van der Waals surface area contributed by atoms with Gasteiger partial charge >= 0.3 is 5.97 Å². The van der Waals surface area contributed by atoms with Gasteiger partial charge in [0, 0.05) is 0 Å². The van der Waals surface area contributed by atoms with E-state index in [2.05, 4.69) is 20.2 Å². The molecule has 3 aromatic heterocycles. The molecule has 0 atom stereocenters. The fourth-order valence-electron chi connectivity index (χ4n) is 2.28. The van der Waals surface area contributed by atoms with Crippen LogP contribution in [0.2, 0.25) is 0 Å². The van der Waals surface area contributed by atoms with Gasteiger partial charge in [0.2, 0.25) is 5.82 Å². The number of rotatable bonds is 6. The Balaban J connectivity index is 1.34. The van der Waals surface area contributed by atoms with E-state index in [0.29, 0.717) is 17.9 Å². The lowest BCUT2D eigenvalue weighted by Gasteiger charge is -2.04. The quantitative estimate of drug-likeness (QED) is 0.483. The number of thiophene rings is 1. The summed E-state index contributed by atoms with van der Waals surface area (Å²) in [6.45, 7) is 0.515. The van der Waals surface area contributed by atoms with Gasteiger partial charge in [-0.2, -0.15) is 10.1 Å². The molecule has 0 saturated heterocycles. The van der Waals surface area contributed by atoms with Gasteiger partial charge in [-0.15, -0.1) is 11.3 Å². The standard InChI is InChI=1S/C17H13N5O3S/c23-17(13-5-3-12(4-6-13)8-22-11-18-10-19-22)24-9-15-20-16(21-25-15)14-2-1-7-26-14/h1-7,10-11H,8-9H2. The molecule has 0 radical (unpaired) electrons. The van der Waals surface area contributed by atoms with E-state index in [-0.39, 0.29) is 12.5 Å². The Morgan fingerprint density at radius 3 is 2.85 bits per heavy atom. The van der Waals surface area contributed by atoms with Crippen LogP contribution in [0.5, 0.6) is 0 Å². The van der Waals surface area contributed by atoms with Crippen LogP contribution in [0.25, 0.3) is 10.7 Å². The third-order valence-corrected chi connectivity index (χ3v) is 4.40. The summed E-state index contributed by atoms with van der Waals surface area (Å²) in [6.07, 6.45) is 3.12. The Kier molecular flexibility index (Phi) is 4.52. The van der Waals surface area contributed by atoms with E-state index in [1.54, 1.807) is 23.1 Å². The summed E-state index contributed by atoms with van der Waals surface area (Å²) in [5.41, 5.74) is 1.45. The summed E-state index contributed by atoms with van der Waals surface area (Å²) < 4.78 is 12.0. The molecule has 0 aliphatic rings. The van der Waals surface area contributed by atoms with Crippen LogP contribution in [0.15, 0.2) is 59.0 Å². The van der Waals surface area contributed by atoms with Gasteiger partial charge in [-0.25, -0.2) is 14.5 Å². The van der Waals surface area contributed by atoms with E-state index in [4.69, 9.17) is 9.26 Å². The fraction of sp³-hybridized carbons (Fsp3) is 0.118. The Bertz CT molecular complexity index is 978. The highest BCUT2D eigenvalue weighted by molar-refractivity contribution is 7.13. The topological polar surface area (TPSA) is 95.9 Å². The normalized spacial score (nSPS) is 10.8. The molecule has 0 aliphatic heterocycles. The molecular weight excluding hydrogens is 354 g/mol. The van der Waals surface area contributed by atoms with Crippen molar-refractivity contribution in [3.63, 3.8) is 0 Å². The largest absolute Gasteiger partial charge is 0.452 e. The summed E-state index contributed by atoms with van der Waals surface area (Å²) in [7, 11) is 0. The first kappa shape index (κ1) is 16.2. The van der Waals surface area contributed by atoms with E-state index in [1.807, 2.05) is 29.6 Å². The molecule has 0 saturated carbocycles. The lowest BCUT2D eigenvalue weighted by atomic mass is 10.1. The molecule has 0 N–H and O–H groups in total. The molecule has 4 rings (SSSR count). The number of esters is 1. The van der Waals surface area contributed by atoms with Gasteiger partial charge in [-0.05, 0) is 29.1 Å². The van der Waals surface area contributed by atoms with Gasteiger partial charge < -0.3 is 9.26 Å². The lowest BCUT2D eigenvalue weighted by Crippen LogP contribution is -2.06. The molecule has 3 heterocycles. The number of carbonyl (C=O) groups is 1. The van der Waals surface area contributed by atoms with Crippen LogP contribution in [0.1, 0.15) is 21.8 Å². The zero-order valence-corrected chi connectivity index (χ0v) is 14.3. The molecule has 0 amide bonds. The molecule has 26 heavy (non-hydrogen) atoms. The van der Waals surface area contributed by atoms with Crippen molar-refractivity contribution in [3.05, 3.63) is 71.5 Å². The van der Waals surface area contributed by atoms with Gasteiger partial charge in [-0.3, -0.25) is 0 Å². The molecule has 0 bridgehead atoms. The Hall–Kier alpha value is -3.33. The summed E-state index contributed by atoms with van der Waals surface area (Å²) >= 11 is 1.51. The monoisotopic (exact) mass is 367 g/mol. The van der Waals surface area contributed by atoms with Crippen LogP contribution in [0.3, 0.4) is 0 Å². The van der Waals surface area contributed by atoms with Gasteiger partial charge in [0.25, 0.3) is 5.89 Å². The fourth-order valence-corrected chi connectivity index (χ4v) is 2.93. The predicted molar refractivity (Wildman–Crippen MR) is 92.3 cm³/mol. The van der Waals surface area contributed by atoms with Crippen LogP contribution in [-0.4, -0.2) is 30.9 Å². The first-order chi connectivity index (χ1) is 12.8. The maximum absolute atomic E-state index is 12.1. The molecule has 4 aromatic rings. The highest BCUT2D eigenvalue weighted by atomic mass is 32.1. The Labute approximate surface area is 152 Å². The van der Waals surface area contributed by atoms with Gasteiger partial charge in [0.15, 0.2) is 6.61 Å². The first-order valence-electron chi connectivity index (χ1n) is 7.73. The SMILES string of the molecule is O=C(OCc1nc(-c2cccs2)no1)c1ccc(Cn2cncn2)cc1. The van der Waals surface area contributed by atoms with Crippen molar-refractivity contribution < 1.29 is 14.1 Å². The number of hydrogen-bond donors (Lipinski definition) is 0. The van der Waals surface area contributed by atoms with E-state index < -0.39 is 5.97 Å². The average molecular weight is 367 g/mol. The van der Waals surface area contributed by atoms with Crippen LogP contribution >= 0.6 is 11.3 Å². The minimum absolute atomic E-state index is 0.0715. The smallest absolute Gasteiger partial charge is 0.338 e. The zero-order chi connectivity index (χ0) is 17.8. The molecule has 0 aliphatic carbocycles. The van der Waals surface area contributed by atoms with Crippen molar-refractivity contribution in [2.45, 2.75) is 13.2 Å². The van der Waals surface area contributed by atoms with Crippen molar-refractivity contribution >= 4 is 17.3 Å². The third-order valence-electron chi connectivity index (χ3n) is 3.54. The molecule has 0 spiro atoms. The predicted octanol–water partition coefficient (Wildman–Crippen LogP) is 2.79. The van der Waals surface area contributed by atoms with Gasteiger partial charge in [-0.1, -0.05) is 23.4 Å². The minimum atomic E-state index is -0.451. The van der Waals surface area contributed by atoms with E-state index in [9.17, 15) is 4.79 Å². The van der Waals surface area contributed by atoms with Crippen molar-refractivity contribution in [1.82, 2.24) is 24.9 Å². The second-order valence-corrected chi connectivity index (χ2v) is 6.30. The second kappa shape index (κ2) is 7.28. The van der Waals surface area contributed by atoms with Crippen LogP contribution in [0.4, 0.5) is 0 Å². The molecule has 0 unspecified atom stereocenters. The third kappa shape index (κ3) is 3.67. The molecule has 0 fully saturated rings. The highest BCUT2D eigenvalue weighted by Crippen LogP contribution is 2.21. The average Bonchev–Trinajstić information content (AvgIpc) is 3.41. The highest BCUT2D eigenvalue weighted by Gasteiger charge is 2.13.